The lowest BCUT2D eigenvalue weighted by atomic mass is 10.0. The molecule has 0 aliphatic carbocycles. The molecule has 9 nitrogen and oxygen atoms in total. The Bertz CT molecular complexity index is 1630. The van der Waals surface area contributed by atoms with Crippen molar-refractivity contribution in [2.24, 2.45) is 0 Å². The standard InChI is InChI=1S/C82H153NO8/c1-6-8-10-12-14-16-18-20-22-24-26-28-30-32-33-34-35-36-37-38-39-40-41-42-43-44-45-46-47-49-51-53-55-57-59-61-63-65-67-69-71-73-80(85)91-78(77-90-82(81(86)87)88-75-74-83(3,4)5)76-89-79(84)72-70-68-66-64-62-60-58-56-54-52-50-48-31-29-27-25-23-21-19-17-15-13-11-9-7-2/h18,20,24-27,30,32,78,82H,6-17,19,21-23,28-29,31,33-77H2,1-5H3/p+1/b20-18-,26-24-,27-25-,32-30-. The number of allylic oxidation sites excluding steroid dienone is 8. The van der Waals surface area contributed by atoms with Gasteiger partial charge in [-0.3, -0.25) is 9.59 Å². The zero-order valence-corrected chi connectivity index (χ0v) is 61.3. The minimum Gasteiger partial charge on any atom is -0.477 e. The van der Waals surface area contributed by atoms with Crippen molar-refractivity contribution in [3.05, 3.63) is 48.6 Å². The van der Waals surface area contributed by atoms with Gasteiger partial charge in [-0.1, -0.05) is 358 Å². The van der Waals surface area contributed by atoms with Crippen molar-refractivity contribution in [1.82, 2.24) is 0 Å². The van der Waals surface area contributed by atoms with Gasteiger partial charge >= 0.3 is 17.9 Å². The Kier molecular flexibility index (Phi) is 70.9. The van der Waals surface area contributed by atoms with Gasteiger partial charge in [0.05, 0.1) is 34.4 Å². The monoisotopic (exact) mass is 1280 g/mol. The molecule has 0 fully saturated rings. The SMILES string of the molecule is CCCCCCC/C=C\C/C=C\C/C=C\CCCCCCCCCCCCCCCCCCCCCCCCCCCCC(=O)OC(COC(=O)CCCCCCCCCCCCCCC/C=C\CCCCCCCCCC)COC(OCC[N+](C)(C)C)C(=O)O. The minimum atomic E-state index is -1.51. The van der Waals surface area contributed by atoms with Crippen LogP contribution in [0, 0.1) is 0 Å². The van der Waals surface area contributed by atoms with Crippen LogP contribution in [0.1, 0.15) is 399 Å². The molecule has 91 heavy (non-hydrogen) atoms. The summed E-state index contributed by atoms with van der Waals surface area (Å²) in [5.41, 5.74) is 0. The van der Waals surface area contributed by atoms with Gasteiger partial charge in [-0.25, -0.2) is 4.79 Å². The van der Waals surface area contributed by atoms with E-state index in [1.165, 1.54) is 321 Å². The van der Waals surface area contributed by atoms with Gasteiger partial charge < -0.3 is 28.5 Å². The highest BCUT2D eigenvalue weighted by Crippen LogP contribution is 2.19. The predicted molar refractivity (Wildman–Crippen MR) is 392 cm³/mol. The molecule has 0 bridgehead atoms. The van der Waals surface area contributed by atoms with Gasteiger partial charge in [-0.2, -0.15) is 0 Å². The first-order valence-corrected chi connectivity index (χ1v) is 39.8. The third-order valence-corrected chi connectivity index (χ3v) is 18.1. The van der Waals surface area contributed by atoms with Crippen LogP contribution in [0.4, 0.5) is 0 Å². The Hall–Kier alpha value is -2.75. The Morgan fingerprint density at radius 1 is 0.330 bits per heavy atom. The van der Waals surface area contributed by atoms with Crippen LogP contribution in [0.25, 0.3) is 0 Å². The number of rotatable bonds is 75. The Morgan fingerprint density at radius 2 is 0.593 bits per heavy atom. The molecule has 0 rings (SSSR count). The second kappa shape index (κ2) is 73.1. The number of hydrogen-bond donors (Lipinski definition) is 1. The summed E-state index contributed by atoms with van der Waals surface area (Å²) in [5.74, 6) is -1.97. The highest BCUT2D eigenvalue weighted by Gasteiger charge is 2.25. The van der Waals surface area contributed by atoms with Crippen LogP contribution in [-0.2, 0) is 33.3 Å². The summed E-state index contributed by atoms with van der Waals surface area (Å²) in [6.07, 6.45) is 92.7. The summed E-state index contributed by atoms with van der Waals surface area (Å²) in [5, 5.41) is 9.77. The number of ether oxygens (including phenoxy) is 4. The fourth-order valence-electron chi connectivity index (χ4n) is 12.0. The van der Waals surface area contributed by atoms with E-state index in [4.69, 9.17) is 18.9 Å². The Morgan fingerprint density at radius 3 is 0.890 bits per heavy atom. The van der Waals surface area contributed by atoms with Crippen LogP contribution in [0.15, 0.2) is 48.6 Å². The molecule has 0 aliphatic rings. The molecule has 0 radical (unpaired) electrons. The van der Waals surface area contributed by atoms with E-state index >= 15 is 0 Å². The average molecular weight is 1280 g/mol. The zero-order chi connectivity index (χ0) is 66.1. The molecular formula is C82H154NO8+. The summed E-state index contributed by atoms with van der Waals surface area (Å²) < 4.78 is 23.0. The summed E-state index contributed by atoms with van der Waals surface area (Å²) in [6, 6.07) is 0. The topological polar surface area (TPSA) is 108 Å². The lowest BCUT2D eigenvalue weighted by Gasteiger charge is -2.25. The van der Waals surface area contributed by atoms with E-state index in [-0.39, 0.29) is 38.2 Å². The first kappa shape index (κ1) is 88.2. The van der Waals surface area contributed by atoms with Gasteiger partial charge in [-0.05, 0) is 77.0 Å². The molecule has 1 N–H and O–H groups in total. The lowest BCUT2D eigenvalue weighted by molar-refractivity contribution is -0.870. The number of carboxylic acids is 1. The van der Waals surface area contributed by atoms with E-state index in [9.17, 15) is 19.5 Å². The molecular weight excluding hydrogens is 1130 g/mol. The first-order chi connectivity index (χ1) is 44.6. The van der Waals surface area contributed by atoms with E-state index in [1.54, 1.807) is 0 Å². The zero-order valence-electron chi connectivity index (χ0n) is 61.3. The van der Waals surface area contributed by atoms with Gasteiger partial charge in [0.2, 0.25) is 0 Å². The summed E-state index contributed by atoms with van der Waals surface area (Å²) in [4.78, 5) is 37.7. The Balaban J connectivity index is 3.94. The van der Waals surface area contributed by atoms with Gasteiger partial charge in [0, 0.05) is 12.8 Å². The van der Waals surface area contributed by atoms with Crippen LogP contribution < -0.4 is 0 Å². The molecule has 0 saturated carbocycles. The summed E-state index contributed by atoms with van der Waals surface area (Å²) >= 11 is 0. The van der Waals surface area contributed by atoms with E-state index in [0.717, 1.165) is 51.4 Å². The third kappa shape index (κ3) is 74.5. The van der Waals surface area contributed by atoms with E-state index < -0.39 is 18.4 Å². The van der Waals surface area contributed by atoms with Crippen LogP contribution >= 0.6 is 0 Å². The molecule has 0 aromatic rings. The molecule has 534 valence electrons. The molecule has 0 amide bonds. The second-order valence-corrected chi connectivity index (χ2v) is 28.4. The van der Waals surface area contributed by atoms with Crippen LogP contribution in [-0.4, -0.2) is 87.4 Å². The number of likely N-dealkylation sites (N-methyl/N-ethyl adjacent to an activating group) is 1. The molecule has 0 spiro atoms. The van der Waals surface area contributed by atoms with Crippen LogP contribution in [0.3, 0.4) is 0 Å². The maximum absolute atomic E-state index is 13.0. The van der Waals surface area contributed by atoms with E-state index in [0.29, 0.717) is 17.4 Å². The molecule has 0 aromatic heterocycles. The number of quaternary nitrogens is 1. The average Bonchev–Trinajstić information content (AvgIpc) is 3.53. The van der Waals surface area contributed by atoms with Gasteiger partial charge in [0.15, 0.2) is 6.10 Å². The van der Waals surface area contributed by atoms with Gasteiger partial charge in [0.1, 0.15) is 13.2 Å². The number of hydrogen-bond acceptors (Lipinski definition) is 7. The van der Waals surface area contributed by atoms with Gasteiger partial charge in [-0.15, -0.1) is 0 Å². The number of carboxylic acid groups (broad SMARTS) is 1. The summed E-state index contributed by atoms with van der Waals surface area (Å²) in [7, 11) is 6.00. The van der Waals surface area contributed by atoms with E-state index in [1.807, 2.05) is 21.1 Å². The van der Waals surface area contributed by atoms with Crippen molar-refractivity contribution >= 4 is 17.9 Å². The summed E-state index contributed by atoms with van der Waals surface area (Å²) in [6.45, 7) is 4.93. The smallest absolute Gasteiger partial charge is 0.361 e. The highest BCUT2D eigenvalue weighted by atomic mass is 16.7. The van der Waals surface area contributed by atoms with E-state index in [2.05, 4.69) is 62.5 Å². The molecule has 0 aliphatic heterocycles. The first-order valence-electron chi connectivity index (χ1n) is 39.8. The van der Waals surface area contributed by atoms with Crippen LogP contribution in [0.2, 0.25) is 0 Å². The van der Waals surface area contributed by atoms with Gasteiger partial charge in [0.25, 0.3) is 6.29 Å². The molecule has 9 heteroatoms. The fourth-order valence-corrected chi connectivity index (χ4v) is 12.0. The molecule has 2 atom stereocenters. The second-order valence-electron chi connectivity index (χ2n) is 28.4. The van der Waals surface area contributed by atoms with Crippen molar-refractivity contribution in [3.8, 4) is 0 Å². The molecule has 0 saturated heterocycles. The maximum Gasteiger partial charge on any atom is 0.361 e. The number of unbranched alkanes of at least 4 members (excludes halogenated alkanes) is 52. The predicted octanol–water partition coefficient (Wildman–Crippen LogP) is 25.3. The quantitative estimate of drug-likeness (QED) is 0.0211. The number of carbonyl (C=O) groups excluding carboxylic acids is 2. The minimum absolute atomic E-state index is 0.177. The molecule has 2 unspecified atom stereocenters. The fraction of sp³-hybridized carbons (Fsp3) is 0.866. The normalized spacial score (nSPS) is 12.8. The highest BCUT2D eigenvalue weighted by molar-refractivity contribution is 5.71. The van der Waals surface area contributed by atoms with Crippen molar-refractivity contribution in [1.29, 1.82) is 0 Å². The number of nitrogens with zero attached hydrogens (tertiary/aromatic N) is 1. The van der Waals surface area contributed by atoms with Crippen LogP contribution in [0.5, 0.6) is 0 Å². The maximum atomic E-state index is 13.0. The van der Waals surface area contributed by atoms with Crippen molar-refractivity contribution in [2.45, 2.75) is 411 Å². The largest absolute Gasteiger partial charge is 0.477 e. The van der Waals surface area contributed by atoms with Crippen molar-refractivity contribution in [3.63, 3.8) is 0 Å². The van der Waals surface area contributed by atoms with Crippen molar-refractivity contribution in [2.75, 3.05) is 47.5 Å². The number of esters is 2. The Labute approximate surface area is 565 Å². The number of aliphatic carboxylic acids is 1. The third-order valence-electron chi connectivity index (χ3n) is 18.1. The molecule has 0 heterocycles. The van der Waals surface area contributed by atoms with Crippen molar-refractivity contribution < 1.29 is 42.9 Å². The number of carbonyl (C=O) groups is 3. The molecule has 0 aromatic carbocycles. The lowest BCUT2D eigenvalue weighted by Crippen LogP contribution is -2.40.